The first-order valence-corrected chi connectivity index (χ1v) is 6.84. The van der Waals surface area contributed by atoms with E-state index in [1.807, 2.05) is 10.6 Å². The molecular formula is C14H18N6O2. The van der Waals surface area contributed by atoms with Crippen molar-refractivity contribution in [2.45, 2.75) is 32.6 Å². The Hall–Kier alpha value is -2.29. The van der Waals surface area contributed by atoms with Gasteiger partial charge in [0.25, 0.3) is 0 Å². The fraction of sp³-hybridized carbons (Fsp3) is 0.357. The van der Waals surface area contributed by atoms with Crippen molar-refractivity contribution in [2.24, 2.45) is 5.90 Å². The monoisotopic (exact) mass is 302 g/mol. The fourth-order valence-electron chi connectivity index (χ4n) is 2.51. The highest BCUT2D eigenvalue weighted by Gasteiger charge is 2.22. The molecule has 0 aliphatic heterocycles. The van der Waals surface area contributed by atoms with Gasteiger partial charge in [-0.2, -0.15) is 0 Å². The SMILES string of the molecule is CC(C)(O)Cn1c(CON)nc2c(N)nc3cccnc3c21. The van der Waals surface area contributed by atoms with E-state index in [1.165, 1.54) is 0 Å². The first-order chi connectivity index (χ1) is 10.4. The van der Waals surface area contributed by atoms with E-state index < -0.39 is 5.60 Å². The van der Waals surface area contributed by atoms with E-state index in [-0.39, 0.29) is 6.61 Å². The molecule has 0 bridgehead atoms. The van der Waals surface area contributed by atoms with Gasteiger partial charge in [0.15, 0.2) is 5.82 Å². The van der Waals surface area contributed by atoms with Crippen molar-refractivity contribution in [1.29, 1.82) is 0 Å². The van der Waals surface area contributed by atoms with Crippen molar-refractivity contribution in [3.63, 3.8) is 0 Å². The second-order valence-electron chi connectivity index (χ2n) is 5.80. The Morgan fingerprint density at radius 3 is 2.77 bits per heavy atom. The topological polar surface area (TPSA) is 125 Å². The van der Waals surface area contributed by atoms with Crippen LogP contribution < -0.4 is 11.6 Å². The molecular weight excluding hydrogens is 284 g/mol. The Morgan fingerprint density at radius 1 is 1.32 bits per heavy atom. The molecule has 0 aromatic carbocycles. The second kappa shape index (κ2) is 5.16. The third-order valence-corrected chi connectivity index (χ3v) is 3.30. The summed E-state index contributed by atoms with van der Waals surface area (Å²) in [7, 11) is 0. The Bertz CT molecular complexity index is 837. The average Bonchev–Trinajstić information content (AvgIpc) is 2.77. The minimum atomic E-state index is -0.948. The number of pyridine rings is 2. The van der Waals surface area contributed by atoms with Gasteiger partial charge in [-0.05, 0) is 26.0 Å². The first kappa shape index (κ1) is 14.6. The molecule has 0 aliphatic carbocycles. The Morgan fingerprint density at radius 2 is 2.09 bits per heavy atom. The van der Waals surface area contributed by atoms with E-state index in [4.69, 9.17) is 16.5 Å². The van der Waals surface area contributed by atoms with Gasteiger partial charge in [-0.15, -0.1) is 0 Å². The highest BCUT2D eigenvalue weighted by atomic mass is 16.6. The lowest BCUT2D eigenvalue weighted by Crippen LogP contribution is -2.27. The summed E-state index contributed by atoms with van der Waals surface area (Å²) in [6, 6.07) is 3.62. The van der Waals surface area contributed by atoms with Gasteiger partial charge in [0, 0.05) is 6.20 Å². The lowest BCUT2D eigenvalue weighted by molar-refractivity contribution is 0.0575. The minimum Gasteiger partial charge on any atom is -0.389 e. The average molecular weight is 302 g/mol. The maximum absolute atomic E-state index is 10.2. The molecule has 0 radical (unpaired) electrons. The van der Waals surface area contributed by atoms with Crippen LogP contribution in [0, 0.1) is 0 Å². The number of nitrogens with two attached hydrogens (primary N) is 2. The summed E-state index contributed by atoms with van der Waals surface area (Å²) in [4.78, 5) is 17.9. The smallest absolute Gasteiger partial charge is 0.152 e. The summed E-state index contributed by atoms with van der Waals surface area (Å²) in [5.41, 5.74) is 7.66. The number of hydrogen-bond donors (Lipinski definition) is 3. The third-order valence-electron chi connectivity index (χ3n) is 3.30. The number of nitrogen functional groups attached to an aromatic ring is 1. The predicted octanol–water partition coefficient (Wildman–Crippen LogP) is 0.723. The van der Waals surface area contributed by atoms with Crippen LogP contribution in [0.5, 0.6) is 0 Å². The highest BCUT2D eigenvalue weighted by Crippen LogP contribution is 2.28. The molecule has 8 nitrogen and oxygen atoms in total. The van der Waals surface area contributed by atoms with Crippen LogP contribution in [0.2, 0.25) is 0 Å². The van der Waals surface area contributed by atoms with Crippen molar-refractivity contribution in [3.8, 4) is 0 Å². The lowest BCUT2D eigenvalue weighted by Gasteiger charge is -2.20. The number of aromatic nitrogens is 4. The molecule has 22 heavy (non-hydrogen) atoms. The quantitative estimate of drug-likeness (QED) is 0.606. The van der Waals surface area contributed by atoms with E-state index >= 15 is 0 Å². The van der Waals surface area contributed by atoms with Crippen molar-refractivity contribution in [1.82, 2.24) is 19.5 Å². The third kappa shape index (κ3) is 2.47. The Labute approximate surface area is 126 Å². The maximum Gasteiger partial charge on any atom is 0.152 e. The van der Waals surface area contributed by atoms with E-state index in [2.05, 4.69) is 15.0 Å². The van der Waals surface area contributed by atoms with Gasteiger partial charge in [-0.1, -0.05) is 0 Å². The van der Waals surface area contributed by atoms with Crippen molar-refractivity contribution >= 4 is 27.9 Å². The molecule has 0 atom stereocenters. The molecule has 0 saturated carbocycles. The molecule has 0 fully saturated rings. The summed E-state index contributed by atoms with van der Waals surface area (Å²) in [6.45, 7) is 3.83. The number of rotatable bonds is 4. The molecule has 116 valence electrons. The van der Waals surface area contributed by atoms with E-state index in [1.54, 1.807) is 26.1 Å². The molecule has 3 aromatic rings. The maximum atomic E-state index is 10.2. The van der Waals surface area contributed by atoms with Crippen molar-refractivity contribution in [2.75, 3.05) is 5.73 Å². The first-order valence-electron chi connectivity index (χ1n) is 6.84. The number of nitrogens with zero attached hydrogens (tertiary/aromatic N) is 4. The molecule has 0 aliphatic rings. The van der Waals surface area contributed by atoms with E-state index in [0.717, 1.165) is 5.52 Å². The molecule has 0 spiro atoms. The van der Waals surface area contributed by atoms with Crippen LogP contribution >= 0.6 is 0 Å². The highest BCUT2D eigenvalue weighted by molar-refractivity contribution is 6.04. The molecule has 0 amide bonds. The molecule has 0 unspecified atom stereocenters. The van der Waals surface area contributed by atoms with Crippen molar-refractivity contribution in [3.05, 3.63) is 24.2 Å². The number of hydrogen-bond acceptors (Lipinski definition) is 7. The summed E-state index contributed by atoms with van der Waals surface area (Å²) in [5, 5.41) is 10.2. The molecule has 3 aromatic heterocycles. The number of imidazole rings is 1. The summed E-state index contributed by atoms with van der Waals surface area (Å²) in [5.74, 6) is 6.06. The molecule has 0 saturated heterocycles. The largest absolute Gasteiger partial charge is 0.389 e. The van der Waals surface area contributed by atoms with Crippen LogP contribution in [0.4, 0.5) is 5.82 Å². The molecule has 8 heteroatoms. The van der Waals surface area contributed by atoms with Gasteiger partial charge in [0.2, 0.25) is 0 Å². The van der Waals surface area contributed by atoms with Crippen LogP contribution in [0.15, 0.2) is 18.3 Å². The fourth-order valence-corrected chi connectivity index (χ4v) is 2.51. The molecule has 5 N–H and O–H groups in total. The Balaban J connectivity index is 2.39. The molecule has 3 rings (SSSR count). The predicted molar refractivity (Wildman–Crippen MR) is 82.5 cm³/mol. The zero-order valence-electron chi connectivity index (χ0n) is 12.4. The van der Waals surface area contributed by atoms with Gasteiger partial charge in [0.1, 0.15) is 29.0 Å². The zero-order chi connectivity index (χ0) is 15.9. The van der Waals surface area contributed by atoms with Gasteiger partial charge in [0.05, 0.1) is 17.7 Å². The van der Waals surface area contributed by atoms with Gasteiger partial charge in [-0.3, -0.25) is 9.82 Å². The number of aliphatic hydroxyl groups is 1. The van der Waals surface area contributed by atoms with Crippen LogP contribution in [0.1, 0.15) is 19.7 Å². The number of fused-ring (bicyclic) bond motifs is 3. The number of anilines is 1. The van der Waals surface area contributed by atoms with E-state index in [0.29, 0.717) is 34.7 Å². The summed E-state index contributed by atoms with van der Waals surface area (Å²) in [6.07, 6.45) is 1.68. The summed E-state index contributed by atoms with van der Waals surface area (Å²) >= 11 is 0. The van der Waals surface area contributed by atoms with Crippen molar-refractivity contribution < 1.29 is 9.94 Å². The van der Waals surface area contributed by atoms with Gasteiger partial charge in [-0.25, -0.2) is 15.9 Å². The molecule has 3 heterocycles. The van der Waals surface area contributed by atoms with Gasteiger partial charge >= 0.3 is 0 Å². The Kier molecular flexibility index (Phi) is 3.44. The second-order valence-corrected chi connectivity index (χ2v) is 5.80. The van der Waals surface area contributed by atoms with Crippen LogP contribution in [0.3, 0.4) is 0 Å². The minimum absolute atomic E-state index is 0.0958. The zero-order valence-corrected chi connectivity index (χ0v) is 12.4. The van der Waals surface area contributed by atoms with Crippen LogP contribution in [-0.2, 0) is 18.0 Å². The standard InChI is InChI=1S/C14H18N6O2/c1-14(2,21)7-20-9(6-22-16)19-11-12(20)10-8(18-13(11)15)4-3-5-17-10/h3-5,21H,6-7,16H2,1-2H3,(H2,15,18). The van der Waals surface area contributed by atoms with Crippen LogP contribution in [-0.4, -0.2) is 30.2 Å². The lowest BCUT2D eigenvalue weighted by atomic mass is 10.1. The van der Waals surface area contributed by atoms with Gasteiger partial charge < -0.3 is 15.4 Å². The van der Waals surface area contributed by atoms with E-state index in [9.17, 15) is 5.11 Å². The van der Waals surface area contributed by atoms with Crippen LogP contribution in [0.25, 0.3) is 22.1 Å². The summed E-state index contributed by atoms with van der Waals surface area (Å²) < 4.78 is 1.83. The normalized spacial score (nSPS) is 12.4.